The van der Waals surface area contributed by atoms with Gasteiger partial charge in [-0.15, -0.1) is 0 Å². The van der Waals surface area contributed by atoms with Crippen LogP contribution in [0.5, 0.6) is 0 Å². The van der Waals surface area contributed by atoms with Crippen molar-refractivity contribution in [1.82, 2.24) is 20.0 Å². The Bertz CT molecular complexity index is 684. The first-order valence-corrected chi connectivity index (χ1v) is 7.09. The summed E-state index contributed by atoms with van der Waals surface area (Å²) < 4.78 is 1.67. The molecule has 0 aliphatic rings. The molecule has 1 heterocycles. The molecule has 0 saturated carbocycles. The van der Waals surface area contributed by atoms with E-state index in [-0.39, 0.29) is 18.4 Å². The highest BCUT2D eigenvalue weighted by Gasteiger charge is 2.14. The second-order valence-electron chi connectivity index (χ2n) is 4.93. The minimum absolute atomic E-state index is 0.0825. The maximum absolute atomic E-state index is 12.0. The Morgan fingerprint density at radius 2 is 2.09 bits per heavy atom. The van der Waals surface area contributed by atoms with Gasteiger partial charge >= 0.3 is 0 Å². The van der Waals surface area contributed by atoms with Crippen LogP contribution in [0.1, 0.15) is 15.9 Å². The standard InChI is InChI=1S/C15H17ClN4O2/c1-19(9-11-7-18-20(2)10-11)14(21)8-17-15(22)12-5-3-4-6-13(12)16/h3-7,10H,8-9H2,1-2H3,(H,17,22). The van der Waals surface area contributed by atoms with Crippen molar-refractivity contribution in [2.24, 2.45) is 7.05 Å². The Kier molecular flexibility index (Phi) is 5.16. The first-order valence-electron chi connectivity index (χ1n) is 6.71. The van der Waals surface area contributed by atoms with Crippen LogP contribution in [-0.2, 0) is 18.4 Å². The highest BCUT2D eigenvalue weighted by Crippen LogP contribution is 2.14. The summed E-state index contributed by atoms with van der Waals surface area (Å²) in [6.45, 7) is 0.357. The van der Waals surface area contributed by atoms with Gasteiger partial charge in [0.05, 0.1) is 23.3 Å². The number of nitrogens with one attached hydrogen (secondary N) is 1. The Balaban J connectivity index is 1.87. The van der Waals surface area contributed by atoms with Crippen molar-refractivity contribution in [2.75, 3.05) is 13.6 Å². The number of aromatic nitrogens is 2. The number of benzene rings is 1. The number of rotatable bonds is 5. The Morgan fingerprint density at radius 3 is 2.73 bits per heavy atom. The molecular weight excluding hydrogens is 304 g/mol. The second-order valence-corrected chi connectivity index (χ2v) is 5.34. The van der Waals surface area contributed by atoms with Gasteiger partial charge in [-0.1, -0.05) is 23.7 Å². The van der Waals surface area contributed by atoms with Crippen LogP contribution in [0, 0.1) is 0 Å². The maximum Gasteiger partial charge on any atom is 0.253 e. The molecule has 0 fully saturated rings. The third-order valence-electron chi connectivity index (χ3n) is 3.12. The van der Waals surface area contributed by atoms with E-state index in [2.05, 4.69) is 10.4 Å². The Labute approximate surface area is 133 Å². The normalized spacial score (nSPS) is 10.3. The molecule has 0 aliphatic carbocycles. The lowest BCUT2D eigenvalue weighted by molar-refractivity contribution is -0.129. The van der Waals surface area contributed by atoms with Gasteiger partial charge in [-0.3, -0.25) is 14.3 Å². The lowest BCUT2D eigenvalue weighted by atomic mass is 10.2. The van der Waals surface area contributed by atoms with E-state index < -0.39 is 0 Å². The first-order chi connectivity index (χ1) is 10.5. The van der Waals surface area contributed by atoms with Crippen LogP contribution in [-0.4, -0.2) is 40.1 Å². The molecule has 0 saturated heterocycles. The average Bonchev–Trinajstić information content (AvgIpc) is 2.90. The molecule has 1 aromatic carbocycles. The SMILES string of the molecule is CN(Cc1cnn(C)c1)C(=O)CNC(=O)c1ccccc1Cl. The van der Waals surface area contributed by atoms with Crippen LogP contribution in [0.3, 0.4) is 0 Å². The van der Waals surface area contributed by atoms with Crippen molar-refractivity contribution in [3.63, 3.8) is 0 Å². The van der Waals surface area contributed by atoms with Crippen LogP contribution in [0.25, 0.3) is 0 Å². The fourth-order valence-corrected chi connectivity index (χ4v) is 2.17. The first kappa shape index (κ1) is 16.0. The van der Waals surface area contributed by atoms with Gasteiger partial charge in [0.25, 0.3) is 5.91 Å². The number of aryl methyl sites for hydroxylation is 1. The van der Waals surface area contributed by atoms with Gasteiger partial charge in [0, 0.05) is 32.4 Å². The molecule has 2 amide bonds. The Morgan fingerprint density at radius 1 is 1.36 bits per heavy atom. The highest BCUT2D eigenvalue weighted by atomic mass is 35.5. The van der Waals surface area contributed by atoms with Crippen LogP contribution >= 0.6 is 11.6 Å². The number of halogens is 1. The summed E-state index contributed by atoms with van der Waals surface area (Å²) in [5.74, 6) is -0.557. The molecule has 1 N–H and O–H groups in total. The predicted molar refractivity (Wildman–Crippen MR) is 83.5 cm³/mol. The molecule has 2 rings (SSSR count). The van der Waals surface area contributed by atoms with Gasteiger partial charge in [0.1, 0.15) is 0 Å². The van der Waals surface area contributed by atoms with E-state index in [0.29, 0.717) is 17.1 Å². The summed E-state index contributed by atoms with van der Waals surface area (Å²) in [4.78, 5) is 25.5. The molecule has 22 heavy (non-hydrogen) atoms. The maximum atomic E-state index is 12.0. The zero-order valence-corrected chi connectivity index (χ0v) is 13.2. The third kappa shape index (κ3) is 4.08. The van der Waals surface area contributed by atoms with Crippen molar-refractivity contribution in [3.05, 3.63) is 52.8 Å². The van der Waals surface area contributed by atoms with Crippen LogP contribution in [0.4, 0.5) is 0 Å². The third-order valence-corrected chi connectivity index (χ3v) is 3.45. The molecule has 1 aromatic heterocycles. The molecule has 0 atom stereocenters. The number of hydrogen-bond acceptors (Lipinski definition) is 3. The fourth-order valence-electron chi connectivity index (χ4n) is 1.95. The summed E-state index contributed by atoms with van der Waals surface area (Å²) in [6.07, 6.45) is 3.54. The zero-order chi connectivity index (χ0) is 16.1. The predicted octanol–water partition coefficient (Wildman–Crippen LogP) is 1.46. The average molecular weight is 321 g/mol. The number of amides is 2. The lowest BCUT2D eigenvalue weighted by Gasteiger charge is -2.16. The van der Waals surface area contributed by atoms with Gasteiger partial charge < -0.3 is 10.2 Å². The molecule has 116 valence electrons. The molecule has 0 bridgehead atoms. The number of likely N-dealkylation sites (N-methyl/N-ethyl adjacent to an activating group) is 1. The minimum atomic E-state index is -0.367. The zero-order valence-electron chi connectivity index (χ0n) is 12.4. The molecule has 7 heteroatoms. The van der Waals surface area contributed by atoms with E-state index >= 15 is 0 Å². The van der Waals surface area contributed by atoms with Crippen molar-refractivity contribution in [2.45, 2.75) is 6.54 Å². The van der Waals surface area contributed by atoms with E-state index in [0.717, 1.165) is 5.56 Å². The summed E-state index contributed by atoms with van der Waals surface area (Å²) in [6, 6.07) is 6.71. The largest absolute Gasteiger partial charge is 0.343 e. The molecule has 0 unspecified atom stereocenters. The van der Waals surface area contributed by atoms with E-state index in [9.17, 15) is 9.59 Å². The van der Waals surface area contributed by atoms with Gasteiger partial charge in [-0.25, -0.2) is 0 Å². The van der Waals surface area contributed by atoms with Crippen LogP contribution in [0.2, 0.25) is 5.02 Å². The van der Waals surface area contributed by atoms with Crippen molar-refractivity contribution in [1.29, 1.82) is 0 Å². The second kappa shape index (κ2) is 7.09. The van der Waals surface area contributed by atoms with Crippen molar-refractivity contribution in [3.8, 4) is 0 Å². The van der Waals surface area contributed by atoms with E-state index in [1.807, 2.05) is 13.2 Å². The summed E-state index contributed by atoms with van der Waals surface area (Å²) in [7, 11) is 3.49. The van der Waals surface area contributed by atoms with Crippen molar-refractivity contribution >= 4 is 23.4 Å². The van der Waals surface area contributed by atoms with E-state index in [4.69, 9.17) is 11.6 Å². The van der Waals surface area contributed by atoms with Gasteiger partial charge in [0.2, 0.25) is 5.91 Å². The quantitative estimate of drug-likeness (QED) is 0.907. The summed E-state index contributed by atoms with van der Waals surface area (Å²) in [5.41, 5.74) is 1.28. The number of hydrogen-bond donors (Lipinski definition) is 1. The molecule has 0 radical (unpaired) electrons. The van der Waals surface area contributed by atoms with Crippen molar-refractivity contribution < 1.29 is 9.59 Å². The molecule has 0 spiro atoms. The number of carbonyl (C=O) groups excluding carboxylic acids is 2. The lowest BCUT2D eigenvalue weighted by Crippen LogP contribution is -2.37. The molecule has 0 aliphatic heterocycles. The summed E-state index contributed by atoms with van der Waals surface area (Å²) in [5, 5.41) is 6.98. The molecular formula is C15H17ClN4O2. The van der Waals surface area contributed by atoms with Gasteiger partial charge in [0.15, 0.2) is 0 Å². The van der Waals surface area contributed by atoms with Gasteiger partial charge in [-0.05, 0) is 12.1 Å². The highest BCUT2D eigenvalue weighted by molar-refractivity contribution is 6.33. The molecule has 6 nitrogen and oxygen atoms in total. The fraction of sp³-hybridized carbons (Fsp3) is 0.267. The minimum Gasteiger partial charge on any atom is -0.343 e. The Hall–Kier alpha value is -2.34. The smallest absolute Gasteiger partial charge is 0.253 e. The molecule has 2 aromatic rings. The number of carbonyl (C=O) groups is 2. The topological polar surface area (TPSA) is 67.2 Å². The van der Waals surface area contributed by atoms with Crippen LogP contribution < -0.4 is 5.32 Å². The van der Waals surface area contributed by atoms with Crippen LogP contribution in [0.15, 0.2) is 36.7 Å². The van der Waals surface area contributed by atoms with E-state index in [1.54, 1.807) is 42.2 Å². The van der Waals surface area contributed by atoms with Gasteiger partial charge in [-0.2, -0.15) is 5.10 Å². The monoisotopic (exact) mass is 320 g/mol. The summed E-state index contributed by atoms with van der Waals surface area (Å²) >= 11 is 5.94. The van der Waals surface area contributed by atoms with E-state index in [1.165, 1.54) is 4.90 Å². The number of nitrogens with zero attached hydrogens (tertiary/aromatic N) is 3.